The first-order valence-corrected chi connectivity index (χ1v) is 9.46. The molecule has 1 fully saturated rings. The monoisotopic (exact) mass is 345 g/mol. The van der Waals surface area contributed by atoms with Gasteiger partial charge in [-0.3, -0.25) is 9.48 Å². The summed E-state index contributed by atoms with van der Waals surface area (Å²) in [7, 11) is 1.72. The molecule has 128 valence electrons. The van der Waals surface area contributed by atoms with Crippen LogP contribution in [0.15, 0.2) is 23.7 Å². The summed E-state index contributed by atoms with van der Waals surface area (Å²) in [6, 6.07) is 4.03. The molecule has 2 aromatic rings. The van der Waals surface area contributed by atoms with E-state index in [4.69, 9.17) is 4.74 Å². The Morgan fingerprint density at radius 3 is 3.04 bits per heavy atom. The third-order valence-electron chi connectivity index (χ3n) is 4.96. The zero-order chi connectivity index (χ0) is 16.5. The van der Waals surface area contributed by atoms with Gasteiger partial charge in [0.15, 0.2) is 0 Å². The molecule has 0 N–H and O–H groups in total. The summed E-state index contributed by atoms with van der Waals surface area (Å²) < 4.78 is 7.53. The summed E-state index contributed by atoms with van der Waals surface area (Å²) in [5.41, 5.74) is 2.47. The predicted octanol–water partition coefficient (Wildman–Crippen LogP) is 2.67. The predicted molar refractivity (Wildman–Crippen MR) is 93.0 cm³/mol. The first-order valence-electron chi connectivity index (χ1n) is 8.58. The molecule has 6 heteroatoms. The molecule has 0 aromatic carbocycles. The molecular weight excluding hydrogens is 322 g/mol. The Bertz CT molecular complexity index is 706. The van der Waals surface area contributed by atoms with Crippen LogP contribution in [-0.4, -0.2) is 40.8 Å². The number of amides is 1. The third kappa shape index (κ3) is 3.26. The number of methoxy groups -OCH3 is 1. The number of hydrogen-bond donors (Lipinski definition) is 0. The van der Waals surface area contributed by atoms with Crippen LogP contribution < -0.4 is 0 Å². The number of carbonyl (C=O) groups excluding carboxylic acids is 1. The second-order valence-electron chi connectivity index (χ2n) is 6.85. The van der Waals surface area contributed by atoms with Gasteiger partial charge in [0.05, 0.1) is 31.5 Å². The van der Waals surface area contributed by atoms with E-state index < -0.39 is 0 Å². The SMILES string of the molecule is COCC1CN(C(=O)Cc2cccs2)Cc2c1cnn2CC1CC1. The molecule has 2 aliphatic rings. The summed E-state index contributed by atoms with van der Waals surface area (Å²) >= 11 is 1.64. The summed E-state index contributed by atoms with van der Waals surface area (Å²) in [6.45, 7) is 3.01. The molecule has 24 heavy (non-hydrogen) atoms. The van der Waals surface area contributed by atoms with E-state index in [0.717, 1.165) is 23.9 Å². The van der Waals surface area contributed by atoms with Crippen molar-refractivity contribution in [3.63, 3.8) is 0 Å². The smallest absolute Gasteiger partial charge is 0.228 e. The van der Waals surface area contributed by atoms with Crippen LogP contribution >= 0.6 is 11.3 Å². The number of nitrogens with zero attached hydrogens (tertiary/aromatic N) is 3. The van der Waals surface area contributed by atoms with Crippen molar-refractivity contribution in [2.75, 3.05) is 20.3 Å². The average molecular weight is 345 g/mol. The Balaban J connectivity index is 1.54. The largest absolute Gasteiger partial charge is 0.384 e. The lowest BCUT2D eigenvalue weighted by Gasteiger charge is -2.33. The first-order chi connectivity index (χ1) is 11.7. The second-order valence-corrected chi connectivity index (χ2v) is 7.89. The van der Waals surface area contributed by atoms with Crippen molar-refractivity contribution >= 4 is 17.2 Å². The van der Waals surface area contributed by atoms with Gasteiger partial charge in [-0.15, -0.1) is 11.3 Å². The summed E-state index contributed by atoms with van der Waals surface area (Å²) in [5, 5.41) is 6.63. The van der Waals surface area contributed by atoms with Crippen LogP contribution in [0.4, 0.5) is 0 Å². The maximum Gasteiger partial charge on any atom is 0.228 e. The maximum atomic E-state index is 12.8. The highest BCUT2D eigenvalue weighted by molar-refractivity contribution is 7.10. The van der Waals surface area contributed by atoms with Crippen LogP contribution in [0, 0.1) is 5.92 Å². The quantitative estimate of drug-likeness (QED) is 0.809. The lowest BCUT2D eigenvalue weighted by Crippen LogP contribution is -2.40. The Hall–Kier alpha value is -1.66. The standard InChI is InChI=1S/C18H23N3O2S/c1-23-12-14-10-20(18(22)7-15-3-2-6-24-15)11-17-16(14)8-19-21(17)9-13-4-5-13/h2-3,6,8,13-14H,4-5,7,9-12H2,1H3. The molecular formula is C18H23N3O2S. The fraction of sp³-hybridized carbons (Fsp3) is 0.556. The molecule has 1 aliphatic heterocycles. The highest BCUT2D eigenvalue weighted by Gasteiger charge is 2.32. The van der Waals surface area contributed by atoms with Gasteiger partial charge in [-0.2, -0.15) is 5.10 Å². The molecule has 1 amide bonds. The molecule has 1 aliphatic carbocycles. The number of fused-ring (bicyclic) bond motifs is 1. The van der Waals surface area contributed by atoms with E-state index in [2.05, 4.69) is 9.78 Å². The summed E-state index contributed by atoms with van der Waals surface area (Å²) in [5.74, 6) is 1.19. The second kappa shape index (κ2) is 6.69. The average Bonchev–Trinajstić information content (AvgIpc) is 3.07. The van der Waals surface area contributed by atoms with Crippen molar-refractivity contribution in [3.05, 3.63) is 39.8 Å². The molecule has 0 bridgehead atoms. The van der Waals surface area contributed by atoms with Crippen LogP contribution in [0.5, 0.6) is 0 Å². The molecule has 0 spiro atoms. The number of hydrogen-bond acceptors (Lipinski definition) is 4. The van der Waals surface area contributed by atoms with E-state index in [9.17, 15) is 4.79 Å². The van der Waals surface area contributed by atoms with Crippen LogP contribution in [-0.2, 0) is 29.0 Å². The van der Waals surface area contributed by atoms with Gasteiger partial charge in [-0.1, -0.05) is 6.07 Å². The molecule has 5 nitrogen and oxygen atoms in total. The summed E-state index contributed by atoms with van der Waals surface area (Å²) in [6.07, 6.45) is 5.08. The van der Waals surface area contributed by atoms with Crippen molar-refractivity contribution in [2.45, 2.75) is 38.3 Å². The van der Waals surface area contributed by atoms with Crippen LogP contribution in [0.25, 0.3) is 0 Å². The number of rotatable bonds is 6. The highest BCUT2D eigenvalue weighted by Crippen LogP contribution is 2.34. The third-order valence-corrected chi connectivity index (χ3v) is 5.83. The van der Waals surface area contributed by atoms with Crippen LogP contribution in [0.3, 0.4) is 0 Å². The minimum atomic E-state index is 0.198. The van der Waals surface area contributed by atoms with Gasteiger partial charge in [0, 0.05) is 36.6 Å². The van der Waals surface area contributed by atoms with Gasteiger partial charge in [0.25, 0.3) is 0 Å². The van der Waals surface area contributed by atoms with E-state index in [1.807, 2.05) is 28.6 Å². The first kappa shape index (κ1) is 15.8. The molecule has 1 unspecified atom stereocenters. The van der Waals surface area contributed by atoms with Gasteiger partial charge in [-0.25, -0.2) is 0 Å². The molecule has 4 rings (SSSR count). The Kier molecular flexibility index (Phi) is 4.41. The molecule has 0 saturated heterocycles. The van der Waals surface area contributed by atoms with Gasteiger partial charge in [0.1, 0.15) is 0 Å². The number of thiophene rings is 1. The molecule has 1 saturated carbocycles. The van der Waals surface area contributed by atoms with Gasteiger partial charge in [-0.05, 0) is 30.2 Å². The summed E-state index contributed by atoms with van der Waals surface area (Å²) in [4.78, 5) is 15.9. The van der Waals surface area contributed by atoms with Gasteiger partial charge >= 0.3 is 0 Å². The molecule has 3 heterocycles. The van der Waals surface area contributed by atoms with E-state index in [-0.39, 0.29) is 11.8 Å². The van der Waals surface area contributed by atoms with Crippen molar-refractivity contribution in [3.8, 4) is 0 Å². The normalized spacial score (nSPS) is 20.2. The van der Waals surface area contributed by atoms with Crippen molar-refractivity contribution in [1.82, 2.24) is 14.7 Å². The number of aromatic nitrogens is 2. The Morgan fingerprint density at radius 2 is 2.33 bits per heavy atom. The minimum absolute atomic E-state index is 0.198. The fourth-order valence-corrected chi connectivity index (χ4v) is 4.15. The van der Waals surface area contributed by atoms with Crippen molar-refractivity contribution < 1.29 is 9.53 Å². The topological polar surface area (TPSA) is 47.4 Å². The van der Waals surface area contributed by atoms with Crippen molar-refractivity contribution in [2.24, 2.45) is 5.92 Å². The van der Waals surface area contributed by atoms with Crippen molar-refractivity contribution in [1.29, 1.82) is 0 Å². The Morgan fingerprint density at radius 1 is 1.46 bits per heavy atom. The zero-order valence-electron chi connectivity index (χ0n) is 14.0. The van der Waals surface area contributed by atoms with E-state index >= 15 is 0 Å². The minimum Gasteiger partial charge on any atom is -0.384 e. The van der Waals surface area contributed by atoms with Crippen LogP contribution in [0.1, 0.15) is 34.9 Å². The Labute approximate surface area is 146 Å². The van der Waals surface area contributed by atoms with Gasteiger partial charge in [0.2, 0.25) is 5.91 Å². The van der Waals surface area contributed by atoms with E-state index in [1.165, 1.54) is 24.1 Å². The lowest BCUT2D eigenvalue weighted by molar-refractivity contribution is -0.132. The van der Waals surface area contributed by atoms with E-state index in [1.54, 1.807) is 18.4 Å². The molecule has 0 radical (unpaired) electrons. The highest BCUT2D eigenvalue weighted by atomic mass is 32.1. The van der Waals surface area contributed by atoms with Crippen LogP contribution in [0.2, 0.25) is 0 Å². The fourth-order valence-electron chi connectivity index (χ4n) is 3.46. The number of carbonyl (C=O) groups is 1. The lowest BCUT2D eigenvalue weighted by atomic mass is 9.95. The van der Waals surface area contributed by atoms with E-state index in [0.29, 0.717) is 19.6 Å². The maximum absolute atomic E-state index is 12.8. The number of ether oxygens (including phenoxy) is 1. The molecule has 1 atom stereocenters. The van der Waals surface area contributed by atoms with Gasteiger partial charge < -0.3 is 9.64 Å². The molecule has 2 aromatic heterocycles. The zero-order valence-corrected chi connectivity index (χ0v) is 14.8.